The van der Waals surface area contributed by atoms with E-state index in [1.54, 1.807) is 17.5 Å². The predicted molar refractivity (Wildman–Crippen MR) is 111 cm³/mol. The molecule has 0 aromatic carbocycles. The Balaban J connectivity index is 0. The summed E-state index contributed by atoms with van der Waals surface area (Å²) in [5.41, 5.74) is 0. The third kappa shape index (κ3) is 30.4. The van der Waals surface area contributed by atoms with Gasteiger partial charge in [0.05, 0.1) is 0 Å². The maximum absolute atomic E-state index is 8.93. The molecule has 144 valence electrons. The Morgan fingerprint density at radius 2 is 0.708 bits per heavy atom. The second-order valence-corrected chi connectivity index (χ2v) is 8.84. The molecule has 0 aromatic rings. The molecule has 0 heterocycles. The number of unbranched alkanes of at least 4 members (excludes halogenated alkanes) is 14. The monoisotopic (exact) mass is 354 g/mol. The zero-order valence-electron chi connectivity index (χ0n) is 17.4. The van der Waals surface area contributed by atoms with E-state index in [2.05, 4.69) is 13.8 Å². The van der Waals surface area contributed by atoms with Crippen LogP contribution in [-0.4, -0.2) is 21.8 Å². The van der Waals surface area contributed by atoms with Gasteiger partial charge in [-0.3, -0.25) is 0 Å². The largest absolute Gasteiger partial charge is 0.855 e. The van der Waals surface area contributed by atoms with Gasteiger partial charge in [0.2, 0.25) is 0 Å². The summed E-state index contributed by atoms with van der Waals surface area (Å²) >= 11 is 0.786. The summed E-state index contributed by atoms with van der Waals surface area (Å²) in [6.07, 6.45) is 23.6. The molecule has 0 radical (unpaired) electrons. The van der Waals surface area contributed by atoms with Crippen molar-refractivity contribution in [3.63, 3.8) is 0 Å². The average Bonchev–Trinajstić information content (AvgIpc) is 2.58. The van der Waals surface area contributed by atoms with E-state index in [-0.39, 0.29) is 6.61 Å². The van der Waals surface area contributed by atoms with E-state index in [4.69, 9.17) is 5.11 Å². The third-order valence-electron chi connectivity index (χ3n) is 4.52. The topological polar surface area (TPSA) is 23.1 Å². The quantitative estimate of drug-likeness (QED) is 0.189. The molecule has 0 fully saturated rings. The van der Waals surface area contributed by atoms with Gasteiger partial charge < -0.3 is 5.11 Å². The SMILES string of the molecule is CCCCCCCCC[CH2][Al+][CH2]CCCCCCCCC.CC[O-]. The summed E-state index contributed by atoms with van der Waals surface area (Å²) in [7, 11) is 0. The molecule has 0 amide bonds. The van der Waals surface area contributed by atoms with Crippen molar-refractivity contribution in [2.45, 2.75) is 134 Å². The van der Waals surface area contributed by atoms with Crippen molar-refractivity contribution in [3.05, 3.63) is 0 Å². The van der Waals surface area contributed by atoms with Crippen LogP contribution in [0.3, 0.4) is 0 Å². The van der Waals surface area contributed by atoms with Crippen molar-refractivity contribution in [2.75, 3.05) is 6.61 Å². The molecule has 0 saturated heterocycles. The molecule has 2 heteroatoms. The van der Waals surface area contributed by atoms with Crippen LogP contribution in [0, 0.1) is 0 Å². The number of hydrogen-bond acceptors (Lipinski definition) is 1. The van der Waals surface area contributed by atoms with E-state index >= 15 is 0 Å². The van der Waals surface area contributed by atoms with Gasteiger partial charge in [0.15, 0.2) is 0 Å². The normalized spacial score (nSPS) is 10.2. The predicted octanol–water partition coefficient (Wildman–Crippen LogP) is 7.18. The van der Waals surface area contributed by atoms with Gasteiger partial charge in [-0.2, -0.15) is 0 Å². The summed E-state index contributed by atoms with van der Waals surface area (Å²) in [4.78, 5) is 0. The zero-order chi connectivity index (χ0) is 18.1. The Kier molecular flexibility index (Phi) is 31.5. The van der Waals surface area contributed by atoms with Crippen LogP contribution in [0.5, 0.6) is 0 Å². The fraction of sp³-hybridized carbons (Fsp3) is 1.00. The van der Waals surface area contributed by atoms with Gasteiger partial charge >= 0.3 is 142 Å². The third-order valence-corrected chi connectivity index (χ3v) is 6.16. The first-order valence-corrected chi connectivity index (χ1v) is 12.9. The van der Waals surface area contributed by atoms with Crippen molar-refractivity contribution in [3.8, 4) is 0 Å². The Hall–Kier alpha value is 0.492. The van der Waals surface area contributed by atoms with Crippen molar-refractivity contribution in [1.29, 1.82) is 0 Å². The second-order valence-electron chi connectivity index (χ2n) is 7.10. The van der Waals surface area contributed by atoms with Gasteiger partial charge in [0.1, 0.15) is 0 Å². The first-order valence-electron chi connectivity index (χ1n) is 11.2. The minimum absolute atomic E-state index is 0. The molecule has 0 atom stereocenters. The fourth-order valence-electron chi connectivity index (χ4n) is 2.99. The summed E-state index contributed by atoms with van der Waals surface area (Å²) < 4.78 is 0. The zero-order valence-corrected chi connectivity index (χ0v) is 18.6. The fourth-order valence-corrected chi connectivity index (χ4v) is 4.43. The van der Waals surface area contributed by atoms with Crippen molar-refractivity contribution < 1.29 is 5.11 Å². The minimum Gasteiger partial charge on any atom is -0.855 e. The van der Waals surface area contributed by atoms with E-state index in [1.165, 1.54) is 103 Å². The molecule has 0 aliphatic heterocycles. The molecule has 0 saturated carbocycles. The first-order chi connectivity index (χ1) is 11.8. The number of rotatable bonds is 18. The van der Waals surface area contributed by atoms with Crippen LogP contribution in [0.4, 0.5) is 0 Å². The van der Waals surface area contributed by atoms with Crippen LogP contribution >= 0.6 is 0 Å². The van der Waals surface area contributed by atoms with Gasteiger partial charge in [0, 0.05) is 0 Å². The van der Waals surface area contributed by atoms with Crippen LogP contribution in [0.2, 0.25) is 10.6 Å². The summed E-state index contributed by atoms with van der Waals surface area (Å²) in [5.74, 6) is 0. The molecule has 0 aliphatic rings. The smallest absolute Gasteiger partial charge is 0.0809 e. The summed E-state index contributed by atoms with van der Waals surface area (Å²) in [5, 5.41) is 12.1. The van der Waals surface area contributed by atoms with Crippen LogP contribution in [0.1, 0.15) is 124 Å². The van der Waals surface area contributed by atoms with Crippen molar-refractivity contribution in [1.82, 2.24) is 0 Å². The molecule has 1 nitrogen and oxygen atoms in total. The molecule has 0 bridgehead atoms. The number of hydrogen-bond donors (Lipinski definition) is 0. The van der Waals surface area contributed by atoms with Gasteiger partial charge in [0.25, 0.3) is 0 Å². The molecule has 0 aliphatic carbocycles. The summed E-state index contributed by atoms with van der Waals surface area (Å²) in [6.45, 7) is 6.17. The first kappa shape index (κ1) is 26.7. The van der Waals surface area contributed by atoms with Crippen LogP contribution in [-0.2, 0) is 0 Å². The van der Waals surface area contributed by atoms with Gasteiger partial charge in [-0.05, 0) is 0 Å². The van der Waals surface area contributed by atoms with E-state index in [0.29, 0.717) is 0 Å². The van der Waals surface area contributed by atoms with Crippen LogP contribution in [0.15, 0.2) is 0 Å². The molecular formula is C22H47AlO. The van der Waals surface area contributed by atoms with Crippen LogP contribution in [0.25, 0.3) is 0 Å². The van der Waals surface area contributed by atoms with E-state index in [1.807, 2.05) is 0 Å². The maximum Gasteiger partial charge on any atom is -0.0809 e. The minimum atomic E-state index is 0. The van der Waals surface area contributed by atoms with E-state index in [0.717, 1.165) is 15.2 Å². The maximum atomic E-state index is 8.93. The molecule has 0 spiro atoms. The van der Waals surface area contributed by atoms with Gasteiger partial charge in [-0.25, -0.2) is 0 Å². The Morgan fingerprint density at radius 1 is 0.458 bits per heavy atom. The Bertz CT molecular complexity index is 167. The molecule has 0 unspecified atom stereocenters. The standard InChI is InChI=1S/2C10H21.C2H5O.Al/c2*1-3-5-7-9-10-8-6-4-2;1-2-3;/h2*1,3-10H2,2H3;2H2,1H3;/q;;-1;+1. The molecular weight excluding hydrogens is 307 g/mol. The molecule has 24 heavy (non-hydrogen) atoms. The average molecular weight is 355 g/mol. The molecule has 0 rings (SSSR count). The Morgan fingerprint density at radius 3 is 1.00 bits per heavy atom. The van der Waals surface area contributed by atoms with Gasteiger partial charge in [-0.1, -0.05) is 6.92 Å². The van der Waals surface area contributed by atoms with Crippen LogP contribution < -0.4 is 5.11 Å². The van der Waals surface area contributed by atoms with E-state index < -0.39 is 0 Å². The summed E-state index contributed by atoms with van der Waals surface area (Å²) in [6, 6.07) is 0. The van der Waals surface area contributed by atoms with Crippen molar-refractivity contribution in [2.24, 2.45) is 0 Å². The van der Waals surface area contributed by atoms with E-state index in [9.17, 15) is 0 Å². The van der Waals surface area contributed by atoms with Crippen molar-refractivity contribution >= 4 is 15.2 Å². The molecule has 0 aromatic heterocycles. The Labute approximate surface area is 161 Å². The molecule has 0 N–H and O–H groups in total. The second kappa shape index (κ2) is 28.3. The van der Waals surface area contributed by atoms with Gasteiger partial charge in [-0.15, -0.1) is 6.61 Å².